The quantitative estimate of drug-likeness (QED) is 0.715. The van der Waals surface area contributed by atoms with Crippen molar-refractivity contribution in [3.8, 4) is 23.3 Å². The normalized spacial score (nSPS) is 10.2. The fourth-order valence-electron chi connectivity index (χ4n) is 2.00. The first-order valence-electron chi connectivity index (χ1n) is 6.05. The van der Waals surface area contributed by atoms with E-state index in [4.69, 9.17) is 19.2 Å². The summed E-state index contributed by atoms with van der Waals surface area (Å²) in [5, 5.41) is 9.66. The second-order valence-electron chi connectivity index (χ2n) is 4.14. The molecule has 4 heteroatoms. The fraction of sp³-hybridized carbons (Fsp3) is 0.0625. The van der Waals surface area contributed by atoms with Gasteiger partial charge >= 0.3 is 0 Å². The molecule has 0 amide bonds. The number of methoxy groups -OCH3 is 1. The van der Waals surface area contributed by atoms with E-state index in [-0.39, 0.29) is 5.76 Å². The second kappa shape index (κ2) is 4.98. The number of rotatable bonds is 3. The standard InChI is InChI=1S/C16H11NO3/c1-18-15-5-2-3-6-16(15)20-14-8-4-7-13-12(14)9-11(10-17)19-13/h2-9H,1H3. The van der Waals surface area contributed by atoms with Crippen LogP contribution in [-0.2, 0) is 0 Å². The molecule has 0 unspecified atom stereocenters. The molecule has 0 bridgehead atoms. The van der Waals surface area contributed by atoms with E-state index in [2.05, 4.69) is 0 Å². The highest BCUT2D eigenvalue weighted by Crippen LogP contribution is 2.35. The van der Waals surface area contributed by atoms with E-state index < -0.39 is 0 Å². The largest absolute Gasteiger partial charge is 0.493 e. The first-order valence-corrected chi connectivity index (χ1v) is 6.05. The minimum absolute atomic E-state index is 0.260. The summed E-state index contributed by atoms with van der Waals surface area (Å²) in [5.41, 5.74) is 0.619. The maximum atomic E-state index is 8.90. The number of nitriles is 1. The lowest BCUT2D eigenvalue weighted by Gasteiger charge is -2.10. The van der Waals surface area contributed by atoms with E-state index in [9.17, 15) is 0 Å². The third-order valence-corrected chi connectivity index (χ3v) is 2.92. The molecule has 0 fully saturated rings. The highest BCUT2D eigenvalue weighted by molar-refractivity contribution is 5.85. The first-order chi connectivity index (χ1) is 9.81. The van der Waals surface area contributed by atoms with Crippen molar-refractivity contribution < 1.29 is 13.9 Å². The Bertz CT molecular complexity index is 799. The molecular formula is C16H11NO3. The van der Waals surface area contributed by atoms with Crippen molar-refractivity contribution in [2.24, 2.45) is 0 Å². The van der Waals surface area contributed by atoms with Crippen LogP contribution < -0.4 is 9.47 Å². The molecule has 3 rings (SSSR count). The third kappa shape index (κ3) is 2.06. The van der Waals surface area contributed by atoms with Gasteiger partial charge in [0.2, 0.25) is 5.76 Å². The lowest BCUT2D eigenvalue weighted by atomic mass is 10.2. The average Bonchev–Trinajstić information content (AvgIpc) is 2.92. The molecule has 0 aliphatic heterocycles. The van der Waals surface area contributed by atoms with Gasteiger partial charge in [-0.05, 0) is 24.3 Å². The average molecular weight is 265 g/mol. The molecule has 4 nitrogen and oxygen atoms in total. The van der Waals surface area contributed by atoms with Gasteiger partial charge < -0.3 is 13.9 Å². The zero-order valence-corrected chi connectivity index (χ0v) is 10.8. The minimum Gasteiger partial charge on any atom is -0.493 e. The molecule has 0 aliphatic carbocycles. The van der Waals surface area contributed by atoms with Crippen molar-refractivity contribution in [3.05, 3.63) is 54.3 Å². The van der Waals surface area contributed by atoms with Crippen LogP contribution in [0.15, 0.2) is 52.9 Å². The molecule has 20 heavy (non-hydrogen) atoms. The number of fused-ring (bicyclic) bond motifs is 1. The molecule has 1 heterocycles. The van der Waals surface area contributed by atoms with Gasteiger partial charge in [-0.2, -0.15) is 5.26 Å². The summed E-state index contributed by atoms with van der Waals surface area (Å²) < 4.78 is 16.5. The monoisotopic (exact) mass is 265 g/mol. The van der Waals surface area contributed by atoms with Gasteiger partial charge in [-0.25, -0.2) is 0 Å². The molecule has 0 radical (unpaired) electrons. The lowest BCUT2D eigenvalue weighted by molar-refractivity contribution is 0.380. The van der Waals surface area contributed by atoms with Crippen molar-refractivity contribution in [2.45, 2.75) is 0 Å². The number of ether oxygens (including phenoxy) is 2. The summed E-state index contributed by atoms with van der Waals surface area (Å²) in [6.07, 6.45) is 0. The SMILES string of the molecule is COc1ccccc1Oc1cccc2oc(C#N)cc12. The van der Waals surface area contributed by atoms with E-state index in [1.807, 2.05) is 42.5 Å². The van der Waals surface area contributed by atoms with Crippen LogP contribution in [0, 0.1) is 11.3 Å². The molecule has 0 spiro atoms. The Balaban J connectivity index is 2.07. The van der Waals surface area contributed by atoms with Gasteiger partial charge in [0.1, 0.15) is 17.4 Å². The molecule has 0 saturated heterocycles. The van der Waals surface area contributed by atoms with Crippen LogP contribution >= 0.6 is 0 Å². The minimum atomic E-state index is 0.260. The number of hydrogen-bond acceptors (Lipinski definition) is 4. The van der Waals surface area contributed by atoms with Crippen LogP contribution in [0.2, 0.25) is 0 Å². The zero-order valence-electron chi connectivity index (χ0n) is 10.8. The van der Waals surface area contributed by atoms with Crippen molar-refractivity contribution in [3.63, 3.8) is 0 Å². The molecule has 0 N–H and O–H groups in total. The van der Waals surface area contributed by atoms with Gasteiger partial charge in [-0.3, -0.25) is 0 Å². The fourth-order valence-corrected chi connectivity index (χ4v) is 2.00. The summed E-state index contributed by atoms with van der Waals surface area (Å²) in [6, 6.07) is 16.5. The van der Waals surface area contributed by atoms with Gasteiger partial charge in [-0.15, -0.1) is 0 Å². The highest BCUT2D eigenvalue weighted by atomic mass is 16.5. The summed E-state index contributed by atoms with van der Waals surface area (Å²) in [4.78, 5) is 0. The summed E-state index contributed by atoms with van der Waals surface area (Å²) in [7, 11) is 1.59. The van der Waals surface area contributed by atoms with Crippen molar-refractivity contribution in [2.75, 3.05) is 7.11 Å². The van der Waals surface area contributed by atoms with Gasteiger partial charge in [0.15, 0.2) is 11.5 Å². The van der Waals surface area contributed by atoms with Crippen LogP contribution in [0.25, 0.3) is 11.0 Å². The molecule has 0 aliphatic rings. The highest BCUT2D eigenvalue weighted by Gasteiger charge is 2.11. The zero-order chi connectivity index (χ0) is 13.9. The predicted molar refractivity (Wildman–Crippen MR) is 74.0 cm³/mol. The predicted octanol–water partition coefficient (Wildman–Crippen LogP) is 4.11. The van der Waals surface area contributed by atoms with Crippen molar-refractivity contribution in [1.29, 1.82) is 5.26 Å². The molecule has 1 aromatic heterocycles. The first kappa shape index (κ1) is 12.1. The molecule has 0 saturated carbocycles. The van der Waals surface area contributed by atoms with Crippen molar-refractivity contribution in [1.82, 2.24) is 0 Å². The molecule has 3 aromatic rings. The van der Waals surface area contributed by atoms with Crippen LogP contribution in [0.1, 0.15) is 5.76 Å². The summed E-state index contributed by atoms with van der Waals surface area (Å²) in [6.45, 7) is 0. The number of nitrogens with zero attached hydrogens (tertiary/aromatic N) is 1. The summed E-state index contributed by atoms with van der Waals surface area (Å²) in [5.74, 6) is 2.14. The topological polar surface area (TPSA) is 55.4 Å². The Labute approximate surface area is 115 Å². The van der Waals surface area contributed by atoms with E-state index in [1.54, 1.807) is 19.2 Å². The Morgan fingerprint density at radius 3 is 2.50 bits per heavy atom. The van der Waals surface area contributed by atoms with E-state index in [0.29, 0.717) is 22.8 Å². The summed E-state index contributed by atoms with van der Waals surface area (Å²) >= 11 is 0. The Morgan fingerprint density at radius 1 is 1.00 bits per heavy atom. The molecule has 0 atom stereocenters. The van der Waals surface area contributed by atoms with Gasteiger partial charge in [-0.1, -0.05) is 18.2 Å². The van der Waals surface area contributed by atoms with Gasteiger partial charge in [0, 0.05) is 6.07 Å². The van der Waals surface area contributed by atoms with Crippen LogP contribution in [0.3, 0.4) is 0 Å². The lowest BCUT2D eigenvalue weighted by Crippen LogP contribution is -1.89. The van der Waals surface area contributed by atoms with Crippen LogP contribution in [-0.4, -0.2) is 7.11 Å². The van der Waals surface area contributed by atoms with Crippen LogP contribution in [0.4, 0.5) is 0 Å². The molecule has 2 aromatic carbocycles. The Kier molecular flexibility index (Phi) is 3.02. The van der Waals surface area contributed by atoms with E-state index >= 15 is 0 Å². The van der Waals surface area contributed by atoms with Gasteiger partial charge in [0.25, 0.3) is 0 Å². The third-order valence-electron chi connectivity index (χ3n) is 2.92. The van der Waals surface area contributed by atoms with Crippen LogP contribution in [0.5, 0.6) is 17.2 Å². The molecular weight excluding hydrogens is 254 g/mol. The second-order valence-corrected chi connectivity index (χ2v) is 4.14. The number of hydrogen-bond donors (Lipinski definition) is 0. The van der Waals surface area contributed by atoms with E-state index in [1.165, 1.54) is 0 Å². The maximum Gasteiger partial charge on any atom is 0.204 e. The van der Waals surface area contributed by atoms with Gasteiger partial charge in [0.05, 0.1) is 12.5 Å². The van der Waals surface area contributed by atoms with Crippen molar-refractivity contribution >= 4 is 11.0 Å². The Hall–Kier alpha value is -2.93. The smallest absolute Gasteiger partial charge is 0.204 e. The number of benzene rings is 2. The number of para-hydroxylation sites is 2. The molecule has 98 valence electrons. The number of furan rings is 1. The Morgan fingerprint density at radius 2 is 1.75 bits per heavy atom. The maximum absolute atomic E-state index is 8.90. The van der Waals surface area contributed by atoms with E-state index in [0.717, 1.165) is 5.39 Å².